The van der Waals surface area contributed by atoms with Crippen LogP contribution in [0, 0.1) is 11.8 Å². The van der Waals surface area contributed by atoms with Gasteiger partial charge in [-0.2, -0.15) is 8.42 Å². The van der Waals surface area contributed by atoms with Gasteiger partial charge < -0.3 is 10.6 Å². The zero-order chi connectivity index (χ0) is 19.3. The predicted molar refractivity (Wildman–Crippen MR) is 113 cm³/mol. The number of fused-ring (bicyclic) bond motifs is 1. The molecule has 27 heavy (non-hydrogen) atoms. The highest BCUT2D eigenvalue weighted by molar-refractivity contribution is 7.86. The van der Waals surface area contributed by atoms with Gasteiger partial charge in [0.2, 0.25) is 0 Å². The van der Waals surface area contributed by atoms with E-state index in [1.807, 2.05) is 0 Å². The van der Waals surface area contributed by atoms with Gasteiger partial charge in [-0.1, -0.05) is 77.0 Å². The molecule has 0 amide bonds. The Kier molecular flexibility index (Phi) is 7.80. The summed E-state index contributed by atoms with van der Waals surface area (Å²) in [5.74, 6) is 0.770. The highest BCUT2D eigenvalue weighted by Gasteiger charge is 2.47. The van der Waals surface area contributed by atoms with Crippen molar-refractivity contribution >= 4 is 27.4 Å². The molecule has 0 radical (unpaired) electrons. The van der Waals surface area contributed by atoms with Crippen LogP contribution >= 0.6 is 12.2 Å². The average molecular weight is 417 g/mol. The zero-order valence-corrected chi connectivity index (χ0v) is 18.0. The van der Waals surface area contributed by atoms with Crippen molar-refractivity contribution in [2.45, 2.75) is 107 Å². The summed E-state index contributed by atoms with van der Waals surface area (Å²) < 4.78 is 33.5. The van der Waals surface area contributed by atoms with E-state index in [2.05, 4.69) is 10.6 Å². The normalized spacial score (nSPS) is 35.1. The van der Waals surface area contributed by atoms with E-state index in [0.717, 1.165) is 0 Å². The lowest BCUT2D eigenvalue weighted by molar-refractivity contribution is 0.165. The van der Waals surface area contributed by atoms with Crippen LogP contribution in [0.3, 0.4) is 0 Å². The van der Waals surface area contributed by atoms with Crippen molar-refractivity contribution in [1.82, 2.24) is 10.6 Å². The lowest BCUT2D eigenvalue weighted by atomic mass is 9.71. The second kappa shape index (κ2) is 9.88. The molecule has 7 heteroatoms. The molecule has 3 fully saturated rings. The van der Waals surface area contributed by atoms with Gasteiger partial charge in [0.05, 0.1) is 17.3 Å². The SMILES string of the molecule is O=S(=O)(O)C1CC2NC(=S)NC2C(C2CCCCCCCCCCCC2)C1. The van der Waals surface area contributed by atoms with Crippen LogP contribution in [-0.2, 0) is 10.1 Å². The van der Waals surface area contributed by atoms with E-state index in [4.69, 9.17) is 12.2 Å². The molecule has 1 heterocycles. The second-order valence-corrected chi connectivity index (χ2v) is 11.0. The molecule has 4 unspecified atom stereocenters. The molecule has 1 saturated heterocycles. The van der Waals surface area contributed by atoms with Gasteiger partial charge in [-0.15, -0.1) is 0 Å². The summed E-state index contributed by atoms with van der Waals surface area (Å²) in [5, 5.41) is 6.64. The fourth-order valence-corrected chi connectivity index (χ4v) is 6.72. The lowest BCUT2D eigenvalue weighted by Gasteiger charge is -2.41. The Morgan fingerprint density at radius 2 is 1.33 bits per heavy atom. The summed E-state index contributed by atoms with van der Waals surface area (Å²) in [6.45, 7) is 0. The van der Waals surface area contributed by atoms with Gasteiger partial charge in [0.25, 0.3) is 10.1 Å². The molecular weight excluding hydrogens is 380 g/mol. The van der Waals surface area contributed by atoms with Gasteiger partial charge in [-0.25, -0.2) is 0 Å². The maximum absolute atomic E-state index is 11.9. The van der Waals surface area contributed by atoms with Crippen LogP contribution in [0.4, 0.5) is 0 Å². The third kappa shape index (κ3) is 6.04. The van der Waals surface area contributed by atoms with Crippen molar-refractivity contribution in [3.63, 3.8) is 0 Å². The molecule has 0 aromatic heterocycles. The number of hydrogen-bond donors (Lipinski definition) is 3. The monoisotopic (exact) mass is 416 g/mol. The van der Waals surface area contributed by atoms with Crippen LogP contribution < -0.4 is 10.6 Å². The van der Waals surface area contributed by atoms with Crippen LogP contribution in [0.2, 0.25) is 0 Å². The fraction of sp³-hybridized carbons (Fsp3) is 0.950. The van der Waals surface area contributed by atoms with Gasteiger partial charge in [0, 0.05) is 0 Å². The van der Waals surface area contributed by atoms with Gasteiger partial charge in [0.15, 0.2) is 5.11 Å². The largest absolute Gasteiger partial charge is 0.358 e. The molecule has 4 atom stereocenters. The molecule has 2 saturated carbocycles. The first kappa shape index (κ1) is 21.3. The molecule has 0 bridgehead atoms. The summed E-state index contributed by atoms with van der Waals surface area (Å²) >= 11 is 5.32. The molecule has 156 valence electrons. The molecule has 0 aromatic carbocycles. The van der Waals surface area contributed by atoms with E-state index in [1.54, 1.807) is 0 Å². The van der Waals surface area contributed by atoms with Crippen LogP contribution in [0.25, 0.3) is 0 Å². The molecule has 0 spiro atoms. The van der Waals surface area contributed by atoms with E-state index < -0.39 is 15.4 Å². The number of thiocarbonyl (C=S) groups is 1. The average Bonchev–Trinajstić information content (AvgIpc) is 2.99. The third-order valence-corrected chi connectivity index (χ3v) is 8.45. The van der Waals surface area contributed by atoms with Crippen molar-refractivity contribution < 1.29 is 13.0 Å². The van der Waals surface area contributed by atoms with E-state index in [-0.39, 0.29) is 18.0 Å². The Bertz CT molecular complexity index is 582. The Hall–Kier alpha value is -0.400. The molecule has 3 N–H and O–H groups in total. The summed E-state index contributed by atoms with van der Waals surface area (Å²) in [7, 11) is -4.01. The molecule has 0 aromatic rings. The van der Waals surface area contributed by atoms with E-state index in [0.29, 0.717) is 23.9 Å². The van der Waals surface area contributed by atoms with Crippen molar-refractivity contribution in [2.75, 3.05) is 0 Å². The first-order valence-corrected chi connectivity index (χ1v) is 12.9. The minimum absolute atomic E-state index is 0.0211. The molecule has 3 aliphatic rings. The van der Waals surface area contributed by atoms with Crippen LogP contribution in [0.15, 0.2) is 0 Å². The summed E-state index contributed by atoms with van der Waals surface area (Å²) in [6, 6.07) is 0.226. The molecular formula is C20H36N2O3S2. The zero-order valence-electron chi connectivity index (χ0n) is 16.4. The molecule has 5 nitrogen and oxygen atoms in total. The minimum Gasteiger partial charge on any atom is -0.358 e. The lowest BCUT2D eigenvalue weighted by Crippen LogP contribution is -2.51. The highest BCUT2D eigenvalue weighted by atomic mass is 32.2. The number of rotatable bonds is 2. The van der Waals surface area contributed by atoms with E-state index in [9.17, 15) is 13.0 Å². The maximum atomic E-state index is 11.9. The standard InChI is InChI=1S/C20H36N2O3S2/c23-27(24,25)16-13-17(19-18(14-16)21-20(26)22-19)15-11-9-7-5-3-1-2-4-6-8-10-12-15/h15-19H,1-14H2,(H2,21,22,26)(H,23,24,25). The Morgan fingerprint density at radius 1 is 0.815 bits per heavy atom. The quantitative estimate of drug-likeness (QED) is 0.463. The van der Waals surface area contributed by atoms with Crippen LogP contribution in [0.5, 0.6) is 0 Å². The van der Waals surface area contributed by atoms with Gasteiger partial charge in [-0.3, -0.25) is 4.55 Å². The third-order valence-electron chi connectivity index (χ3n) is 6.99. The number of nitrogens with one attached hydrogen (secondary N) is 2. The van der Waals surface area contributed by atoms with Gasteiger partial charge in [0.1, 0.15) is 0 Å². The predicted octanol–water partition coefficient (Wildman–Crippen LogP) is 4.18. The topological polar surface area (TPSA) is 78.4 Å². The Labute approximate surface area is 170 Å². The Morgan fingerprint density at radius 3 is 1.85 bits per heavy atom. The maximum Gasteiger partial charge on any atom is 0.267 e. The summed E-state index contributed by atoms with van der Waals surface area (Å²) in [5.41, 5.74) is 0. The van der Waals surface area contributed by atoms with Gasteiger partial charge >= 0.3 is 0 Å². The summed E-state index contributed by atoms with van der Waals surface area (Å²) in [4.78, 5) is 0. The van der Waals surface area contributed by atoms with Gasteiger partial charge in [-0.05, 0) is 36.9 Å². The molecule has 1 aliphatic heterocycles. The van der Waals surface area contributed by atoms with E-state index in [1.165, 1.54) is 77.0 Å². The molecule has 3 rings (SSSR count). The van der Waals surface area contributed by atoms with Crippen molar-refractivity contribution in [1.29, 1.82) is 0 Å². The summed E-state index contributed by atoms with van der Waals surface area (Å²) in [6.07, 6.45) is 16.4. The number of hydrogen-bond acceptors (Lipinski definition) is 3. The highest BCUT2D eigenvalue weighted by Crippen LogP contribution is 2.40. The van der Waals surface area contributed by atoms with Crippen LogP contribution in [-0.4, -0.2) is 35.4 Å². The van der Waals surface area contributed by atoms with Crippen molar-refractivity contribution in [3.05, 3.63) is 0 Å². The van der Waals surface area contributed by atoms with E-state index >= 15 is 0 Å². The first-order valence-electron chi connectivity index (χ1n) is 11.0. The first-order chi connectivity index (χ1) is 12.9. The Balaban J connectivity index is 1.72. The smallest absolute Gasteiger partial charge is 0.267 e. The second-order valence-electron chi connectivity index (χ2n) is 8.90. The van der Waals surface area contributed by atoms with Crippen molar-refractivity contribution in [3.8, 4) is 0 Å². The van der Waals surface area contributed by atoms with Crippen LogP contribution in [0.1, 0.15) is 89.9 Å². The van der Waals surface area contributed by atoms with Crippen molar-refractivity contribution in [2.24, 2.45) is 11.8 Å². The molecule has 2 aliphatic carbocycles. The minimum atomic E-state index is -4.01. The fourth-order valence-electron chi connectivity index (χ4n) is 5.52.